The van der Waals surface area contributed by atoms with Crippen LogP contribution in [0.25, 0.3) is 11.1 Å². The first-order valence-corrected chi connectivity index (χ1v) is 4.27. The molecule has 2 aromatic carbocycles. The van der Waals surface area contributed by atoms with Gasteiger partial charge in [-0.05, 0) is 0 Å². The molecule has 0 radical (unpaired) electrons. The average Bonchev–Trinajstić information content (AvgIpc) is 2.20. The second-order valence-corrected chi connectivity index (χ2v) is 2.99. The molecule has 0 aliphatic heterocycles. The van der Waals surface area contributed by atoms with Crippen LogP contribution in [0.15, 0.2) is 54.6 Å². The van der Waals surface area contributed by atoms with Crippen molar-refractivity contribution in [1.29, 1.82) is 0 Å². The van der Waals surface area contributed by atoms with Crippen LogP contribution in [0, 0.1) is 0 Å². The molecule has 0 aliphatic rings. The van der Waals surface area contributed by atoms with Gasteiger partial charge in [0.15, 0.2) is 0 Å². The zero-order chi connectivity index (χ0) is 9.10. The van der Waals surface area contributed by atoms with Crippen molar-refractivity contribution in [1.82, 2.24) is 0 Å². The fourth-order valence-corrected chi connectivity index (χ4v) is 1.31. The number of hydrogen-bond acceptors (Lipinski definition) is 2. The molecule has 0 bridgehead atoms. The molecule has 0 heterocycles. The van der Waals surface area contributed by atoms with E-state index >= 15 is 0 Å². The Hall–Kier alpha value is -1.58. The van der Waals surface area contributed by atoms with Crippen molar-refractivity contribution >= 4 is 13.3 Å². The van der Waals surface area contributed by atoms with Crippen LogP contribution >= 0.6 is 0 Å². The minimum absolute atomic E-state index is 0. The van der Waals surface area contributed by atoms with Gasteiger partial charge in [0.2, 0.25) is 0 Å². The third kappa shape index (κ3) is 3.24. The van der Waals surface area contributed by atoms with Gasteiger partial charge in [-0.2, -0.15) is 0 Å². The summed E-state index contributed by atoms with van der Waals surface area (Å²) >= 11 is 0. The van der Waals surface area contributed by atoms with Gasteiger partial charge in [0.1, 0.15) is 0 Å². The molecule has 0 fully saturated rings. The maximum atomic E-state index is 5.60. The van der Waals surface area contributed by atoms with Crippen LogP contribution in [0.5, 0.6) is 0 Å². The molecule has 0 aromatic heterocycles. The van der Waals surface area contributed by atoms with Gasteiger partial charge in [0, 0.05) is 0 Å². The van der Waals surface area contributed by atoms with Crippen molar-refractivity contribution in [2.24, 2.45) is 0 Å². The quantitative estimate of drug-likeness (QED) is 0.655. The van der Waals surface area contributed by atoms with Crippen LogP contribution in [-0.4, -0.2) is 18.8 Å². The van der Waals surface area contributed by atoms with Gasteiger partial charge < -0.3 is 11.0 Å². The summed E-state index contributed by atoms with van der Waals surface area (Å²) in [5.74, 6) is 0. The van der Waals surface area contributed by atoms with Crippen LogP contribution in [0.3, 0.4) is 0 Å². The van der Waals surface area contributed by atoms with Crippen molar-refractivity contribution in [3.63, 3.8) is 0 Å². The summed E-state index contributed by atoms with van der Waals surface area (Å²) in [5.41, 5.74) is 3.23. The van der Waals surface area contributed by atoms with Gasteiger partial charge in [0.25, 0.3) is 0 Å². The third-order valence-corrected chi connectivity index (χ3v) is 2.02. The van der Waals surface area contributed by atoms with Crippen LogP contribution < -0.4 is 5.46 Å². The number of benzene rings is 2. The molecule has 0 spiro atoms. The second kappa shape index (κ2) is 6.01. The minimum atomic E-state index is 0. The summed E-state index contributed by atoms with van der Waals surface area (Å²) in [7, 11) is 5.60. The molecule has 2 nitrogen and oxygen atoms in total. The maximum absolute atomic E-state index is 5.60. The Kier molecular flexibility index (Phi) is 5.38. The van der Waals surface area contributed by atoms with E-state index in [1.54, 1.807) is 0 Å². The Morgan fingerprint density at radius 2 is 1.07 bits per heavy atom. The van der Waals surface area contributed by atoms with Crippen LogP contribution in [-0.2, 0) is 0 Å². The van der Waals surface area contributed by atoms with Crippen molar-refractivity contribution < 1.29 is 11.0 Å². The Labute approximate surface area is 90.6 Å². The van der Waals surface area contributed by atoms with Crippen molar-refractivity contribution in [3.05, 3.63) is 54.6 Å². The molecule has 74 valence electrons. The molecule has 0 saturated carbocycles. The zero-order valence-electron chi connectivity index (χ0n) is 8.17. The summed E-state index contributed by atoms with van der Waals surface area (Å²) < 4.78 is 0. The summed E-state index contributed by atoms with van der Waals surface area (Å²) in [4.78, 5) is 0. The smallest absolute Gasteiger partial charge is 0.870 e. The first-order valence-electron chi connectivity index (χ1n) is 4.27. The number of hydrogen-bond donors (Lipinski definition) is 0. The molecule has 2 rings (SSSR count). The normalized spacial score (nSPS) is 8.67. The van der Waals surface area contributed by atoms with Crippen LogP contribution in [0.4, 0.5) is 0 Å². The largest absolute Gasteiger partial charge is 0.870 e. The third-order valence-electron chi connectivity index (χ3n) is 2.02. The van der Waals surface area contributed by atoms with Crippen molar-refractivity contribution in [3.8, 4) is 11.1 Å². The fourth-order valence-electron chi connectivity index (χ4n) is 1.31. The van der Waals surface area contributed by atoms with E-state index in [0.717, 1.165) is 5.46 Å². The van der Waals surface area contributed by atoms with E-state index in [9.17, 15) is 0 Å². The predicted octanol–water partition coefficient (Wildman–Crippen LogP) is 1.79. The maximum Gasteiger partial charge on any atom is -0.870 e. The van der Waals surface area contributed by atoms with E-state index in [2.05, 4.69) is 12.1 Å². The molecule has 15 heavy (non-hydrogen) atoms. The molecule has 0 amide bonds. The first kappa shape index (κ1) is 13.4. The molecular weight excluding hydrogens is 187 g/mol. The monoisotopic (exact) mass is 198 g/mol. The van der Waals surface area contributed by atoms with Gasteiger partial charge in [-0.25, -0.2) is 0 Å². The average molecular weight is 198 g/mol. The minimum Gasteiger partial charge on any atom is -0.870 e. The topological polar surface area (TPSA) is 60.0 Å². The van der Waals surface area contributed by atoms with Crippen LogP contribution in [0.1, 0.15) is 0 Å². The van der Waals surface area contributed by atoms with E-state index in [0.29, 0.717) is 0 Å². The summed E-state index contributed by atoms with van der Waals surface area (Å²) in [6.45, 7) is 0. The van der Waals surface area contributed by atoms with Gasteiger partial charge in [-0.3, -0.25) is 0 Å². The van der Waals surface area contributed by atoms with E-state index in [1.807, 2.05) is 42.5 Å². The van der Waals surface area contributed by atoms with Gasteiger partial charge in [0.05, 0.1) is 0 Å². The molecule has 0 unspecified atom stereocenters. The standard InChI is InChI=1S/C12H9B.2H2O/c13-12-8-6-11(7-9-12)10-4-2-1-3-5-10;;/h1-9H;2*1H2/q+2;;/p-2. The van der Waals surface area contributed by atoms with E-state index in [1.165, 1.54) is 11.1 Å². The van der Waals surface area contributed by atoms with Gasteiger partial charge in [-0.1, -0.05) is 0 Å². The number of rotatable bonds is 1. The Balaban J connectivity index is 0.000000980. The van der Waals surface area contributed by atoms with Crippen molar-refractivity contribution in [2.45, 2.75) is 0 Å². The molecular formula is C12H11BO2. The molecule has 3 heteroatoms. The SMILES string of the molecule is [B+2]c1ccc(-c2ccccc2)cc1.[OH-].[OH-]. The van der Waals surface area contributed by atoms with E-state index in [4.69, 9.17) is 7.85 Å². The fraction of sp³-hybridized carbons (Fsp3) is 0. The molecule has 0 saturated heterocycles. The van der Waals surface area contributed by atoms with Gasteiger partial charge >= 0.3 is 79.0 Å². The zero-order valence-corrected chi connectivity index (χ0v) is 8.17. The Bertz CT molecular complexity index is 384. The summed E-state index contributed by atoms with van der Waals surface area (Å²) in [5, 5.41) is 0. The Morgan fingerprint density at radius 1 is 0.600 bits per heavy atom. The summed E-state index contributed by atoms with van der Waals surface area (Å²) in [6.07, 6.45) is 0. The first-order chi connectivity index (χ1) is 6.36. The second-order valence-electron chi connectivity index (χ2n) is 2.99. The van der Waals surface area contributed by atoms with E-state index in [-0.39, 0.29) is 11.0 Å². The molecule has 0 atom stereocenters. The Morgan fingerprint density at radius 3 is 1.60 bits per heavy atom. The van der Waals surface area contributed by atoms with E-state index < -0.39 is 0 Å². The van der Waals surface area contributed by atoms with Crippen LogP contribution in [0.2, 0.25) is 0 Å². The molecule has 2 N–H and O–H groups in total. The van der Waals surface area contributed by atoms with Gasteiger partial charge in [-0.15, -0.1) is 0 Å². The molecule has 2 aromatic rings. The molecule has 0 aliphatic carbocycles. The summed E-state index contributed by atoms with van der Waals surface area (Å²) in [6, 6.07) is 18.2. The predicted molar refractivity (Wildman–Crippen MR) is 61.1 cm³/mol. The van der Waals surface area contributed by atoms with Crippen molar-refractivity contribution in [2.75, 3.05) is 0 Å².